The molecule has 0 aliphatic carbocycles. The Morgan fingerprint density at radius 1 is 1.23 bits per heavy atom. The predicted octanol–water partition coefficient (Wildman–Crippen LogP) is 3.94. The average molecular weight is 389 g/mol. The Hall–Kier alpha value is -2.57. The van der Waals surface area contributed by atoms with Crippen molar-refractivity contribution >= 4 is 57.7 Å². The van der Waals surface area contributed by atoms with Gasteiger partial charge in [-0.2, -0.15) is 0 Å². The molecule has 132 valence electrons. The van der Waals surface area contributed by atoms with Crippen molar-refractivity contribution in [3.63, 3.8) is 0 Å². The Balaban J connectivity index is 1.50. The first-order valence-corrected chi connectivity index (χ1v) is 8.78. The topological polar surface area (TPSA) is 76.0 Å². The lowest BCUT2D eigenvalue weighted by Crippen LogP contribution is -2.35. The first-order chi connectivity index (χ1) is 12.5. The molecule has 6 nitrogen and oxygen atoms in total. The smallest absolute Gasteiger partial charge is 0.232 e. The van der Waals surface area contributed by atoms with E-state index >= 15 is 0 Å². The molecule has 26 heavy (non-hydrogen) atoms. The molecule has 0 fully saturated rings. The van der Waals surface area contributed by atoms with Crippen molar-refractivity contribution in [3.05, 3.63) is 52.5 Å². The number of rotatable bonds is 3. The van der Waals surface area contributed by atoms with E-state index in [2.05, 4.69) is 15.6 Å². The molecule has 0 radical (unpaired) electrons. The summed E-state index contributed by atoms with van der Waals surface area (Å²) >= 11 is 11.8. The van der Waals surface area contributed by atoms with Crippen molar-refractivity contribution < 1.29 is 9.59 Å². The van der Waals surface area contributed by atoms with E-state index < -0.39 is 5.92 Å². The number of anilines is 2. The van der Waals surface area contributed by atoms with Gasteiger partial charge in [0.1, 0.15) is 0 Å². The van der Waals surface area contributed by atoms with Crippen LogP contribution in [-0.2, 0) is 16.1 Å². The van der Waals surface area contributed by atoms with E-state index in [1.807, 2.05) is 28.8 Å². The maximum absolute atomic E-state index is 12.3. The fraction of sp³-hybridized carbons (Fsp3) is 0.167. The number of fused-ring (bicyclic) bond motifs is 3. The lowest BCUT2D eigenvalue weighted by Gasteiger charge is -2.23. The second-order valence-corrected chi connectivity index (χ2v) is 6.92. The zero-order chi connectivity index (χ0) is 18.3. The largest absolute Gasteiger partial charge is 0.326 e. The van der Waals surface area contributed by atoms with Crippen LogP contribution in [0, 0.1) is 5.92 Å². The van der Waals surface area contributed by atoms with Crippen molar-refractivity contribution in [2.75, 3.05) is 10.6 Å². The van der Waals surface area contributed by atoms with Gasteiger partial charge in [0.05, 0.1) is 27.0 Å². The monoisotopic (exact) mass is 388 g/mol. The molecule has 1 atom stereocenters. The number of nitrogens with zero attached hydrogens (tertiary/aromatic N) is 2. The molecule has 0 saturated heterocycles. The minimum atomic E-state index is -0.483. The molecule has 1 aliphatic rings. The number of benzene rings is 2. The van der Waals surface area contributed by atoms with Crippen molar-refractivity contribution in [2.24, 2.45) is 5.92 Å². The number of amides is 2. The average Bonchev–Trinajstić information content (AvgIpc) is 2.96. The van der Waals surface area contributed by atoms with Crippen LogP contribution in [0.15, 0.2) is 42.5 Å². The maximum atomic E-state index is 12.3. The third-order valence-corrected chi connectivity index (χ3v) is 5.04. The van der Waals surface area contributed by atoms with Gasteiger partial charge in [-0.05, 0) is 30.3 Å². The van der Waals surface area contributed by atoms with Gasteiger partial charge >= 0.3 is 0 Å². The van der Waals surface area contributed by atoms with Crippen molar-refractivity contribution in [3.8, 4) is 0 Å². The number of aromatic nitrogens is 2. The van der Waals surface area contributed by atoms with Gasteiger partial charge in [-0.25, -0.2) is 4.98 Å². The first kappa shape index (κ1) is 16.9. The standard InChI is InChI=1S/C18H14Cl2N4O2/c19-12-6-5-11(8-13(12)20)21-16(25)7-10-9-24-15-4-2-1-3-14(15)22-18(24)23-17(10)26/h1-6,8,10H,7,9H2,(H,21,25)(H,22,23,26). The highest BCUT2D eigenvalue weighted by molar-refractivity contribution is 6.42. The van der Waals surface area contributed by atoms with E-state index in [1.165, 1.54) is 0 Å². The molecule has 8 heteroatoms. The first-order valence-electron chi connectivity index (χ1n) is 8.02. The minimum absolute atomic E-state index is 0.0536. The summed E-state index contributed by atoms with van der Waals surface area (Å²) in [5, 5.41) is 6.29. The van der Waals surface area contributed by atoms with Crippen LogP contribution in [0.5, 0.6) is 0 Å². The molecule has 2 amide bonds. The Kier molecular flexibility index (Phi) is 4.30. The Labute approximate surface area is 159 Å². The fourth-order valence-corrected chi connectivity index (χ4v) is 3.34. The van der Waals surface area contributed by atoms with E-state index in [0.29, 0.717) is 28.2 Å². The van der Waals surface area contributed by atoms with Gasteiger partial charge < -0.3 is 9.88 Å². The zero-order valence-electron chi connectivity index (χ0n) is 13.5. The summed E-state index contributed by atoms with van der Waals surface area (Å²) in [7, 11) is 0. The number of para-hydroxylation sites is 2. The van der Waals surface area contributed by atoms with Crippen LogP contribution < -0.4 is 10.6 Å². The molecule has 1 unspecified atom stereocenters. The normalized spacial score (nSPS) is 16.2. The quantitative estimate of drug-likeness (QED) is 0.713. The third-order valence-electron chi connectivity index (χ3n) is 4.30. The molecule has 4 rings (SSSR count). The summed E-state index contributed by atoms with van der Waals surface area (Å²) in [6.45, 7) is 0.399. The summed E-state index contributed by atoms with van der Waals surface area (Å²) in [6, 6.07) is 12.5. The number of hydrogen-bond donors (Lipinski definition) is 2. The Morgan fingerprint density at radius 2 is 2.04 bits per heavy atom. The van der Waals surface area contributed by atoms with Gasteiger partial charge in [-0.1, -0.05) is 35.3 Å². The van der Waals surface area contributed by atoms with Crippen LogP contribution in [0.2, 0.25) is 10.0 Å². The molecule has 0 bridgehead atoms. The van der Waals surface area contributed by atoms with Gasteiger partial charge in [0.15, 0.2) is 0 Å². The van der Waals surface area contributed by atoms with Gasteiger partial charge in [-0.3, -0.25) is 14.9 Å². The van der Waals surface area contributed by atoms with Crippen LogP contribution >= 0.6 is 23.2 Å². The minimum Gasteiger partial charge on any atom is -0.326 e. The van der Waals surface area contributed by atoms with E-state index in [-0.39, 0.29) is 18.2 Å². The molecule has 2 aromatic carbocycles. The van der Waals surface area contributed by atoms with Crippen LogP contribution in [-0.4, -0.2) is 21.4 Å². The molecule has 1 aromatic heterocycles. The second kappa shape index (κ2) is 6.63. The van der Waals surface area contributed by atoms with Gasteiger partial charge in [0.2, 0.25) is 17.8 Å². The fourth-order valence-electron chi connectivity index (χ4n) is 3.04. The number of imidazole rings is 1. The number of carbonyl (C=O) groups is 2. The summed E-state index contributed by atoms with van der Waals surface area (Å²) in [4.78, 5) is 29.1. The highest BCUT2D eigenvalue weighted by atomic mass is 35.5. The van der Waals surface area contributed by atoms with E-state index in [1.54, 1.807) is 18.2 Å². The molecule has 2 heterocycles. The van der Waals surface area contributed by atoms with Gasteiger partial charge in [0, 0.05) is 18.7 Å². The van der Waals surface area contributed by atoms with Crippen LogP contribution in [0.4, 0.5) is 11.6 Å². The number of hydrogen-bond acceptors (Lipinski definition) is 3. The van der Waals surface area contributed by atoms with E-state index in [9.17, 15) is 9.59 Å². The highest BCUT2D eigenvalue weighted by Gasteiger charge is 2.30. The summed E-state index contributed by atoms with van der Waals surface area (Å²) in [5.41, 5.74) is 2.27. The van der Waals surface area contributed by atoms with Crippen LogP contribution in [0.3, 0.4) is 0 Å². The zero-order valence-corrected chi connectivity index (χ0v) is 15.0. The molecule has 1 aliphatic heterocycles. The van der Waals surface area contributed by atoms with Gasteiger partial charge in [0.25, 0.3) is 0 Å². The van der Waals surface area contributed by atoms with Crippen molar-refractivity contribution in [1.29, 1.82) is 0 Å². The predicted molar refractivity (Wildman–Crippen MR) is 102 cm³/mol. The molecule has 0 spiro atoms. The summed E-state index contributed by atoms with van der Waals surface area (Å²) in [5.74, 6) is -0.450. The Morgan fingerprint density at radius 3 is 2.85 bits per heavy atom. The number of nitrogens with one attached hydrogen (secondary N) is 2. The van der Waals surface area contributed by atoms with Gasteiger partial charge in [-0.15, -0.1) is 0 Å². The lowest BCUT2D eigenvalue weighted by atomic mass is 10.0. The molecular weight excluding hydrogens is 375 g/mol. The van der Waals surface area contributed by atoms with Crippen molar-refractivity contribution in [1.82, 2.24) is 9.55 Å². The molecule has 0 saturated carbocycles. The molecule has 3 aromatic rings. The summed E-state index contributed by atoms with van der Waals surface area (Å²) < 4.78 is 1.92. The number of carbonyl (C=O) groups excluding carboxylic acids is 2. The molecular formula is C18H14Cl2N4O2. The van der Waals surface area contributed by atoms with Crippen LogP contribution in [0.1, 0.15) is 6.42 Å². The summed E-state index contributed by atoms with van der Waals surface area (Å²) in [6.07, 6.45) is 0.0536. The second-order valence-electron chi connectivity index (χ2n) is 6.10. The SMILES string of the molecule is O=C(CC1Cn2c(nc3ccccc32)NC1=O)Nc1ccc(Cl)c(Cl)c1. The molecule has 2 N–H and O–H groups in total. The van der Waals surface area contributed by atoms with Crippen molar-refractivity contribution in [2.45, 2.75) is 13.0 Å². The van der Waals surface area contributed by atoms with E-state index in [0.717, 1.165) is 11.0 Å². The lowest BCUT2D eigenvalue weighted by molar-refractivity contribution is -0.125. The Bertz CT molecular complexity index is 1030. The number of halogens is 2. The maximum Gasteiger partial charge on any atom is 0.232 e. The highest BCUT2D eigenvalue weighted by Crippen LogP contribution is 2.28. The van der Waals surface area contributed by atoms with Crippen LogP contribution in [0.25, 0.3) is 11.0 Å². The van der Waals surface area contributed by atoms with E-state index in [4.69, 9.17) is 23.2 Å². The third kappa shape index (κ3) is 3.13.